The minimum absolute atomic E-state index is 0.0102. The maximum atomic E-state index is 15.0. The van der Waals surface area contributed by atoms with E-state index in [1.54, 1.807) is 4.90 Å². The van der Waals surface area contributed by atoms with Crippen LogP contribution >= 0.6 is 11.5 Å². The molecule has 1 aliphatic carbocycles. The molecule has 0 bridgehead atoms. The van der Waals surface area contributed by atoms with Crippen LogP contribution in [-0.2, 0) is 9.53 Å². The Labute approximate surface area is 179 Å². The van der Waals surface area contributed by atoms with Gasteiger partial charge in [-0.25, -0.2) is 8.78 Å². The van der Waals surface area contributed by atoms with Gasteiger partial charge in [-0.1, -0.05) is 0 Å². The second kappa shape index (κ2) is 8.88. The monoisotopic (exact) mass is 436 g/mol. The number of rotatable bonds is 7. The van der Waals surface area contributed by atoms with E-state index in [9.17, 15) is 4.79 Å². The molecule has 162 valence electrons. The standard InChI is InChI=1S/C22H26F2N2O3S/c1-13-20(22(30-25-13)29-17-4-3-5-17)16-10-18(23)21(19(24)11-16)26-8-6-15(12-26)7-9-28-14(2)27/h10-11,15,17H,3-9,12H2,1-2H3. The molecule has 2 fully saturated rings. The molecule has 0 radical (unpaired) electrons. The van der Waals surface area contributed by atoms with Crippen molar-refractivity contribution in [1.82, 2.24) is 4.37 Å². The molecular formula is C22H26F2N2O3S. The van der Waals surface area contributed by atoms with Crippen LogP contribution in [0.15, 0.2) is 12.1 Å². The van der Waals surface area contributed by atoms with Crippen LogP contribution in [0.5, 0.6) is 5.06 Å². The molecule has 1 aromatic carbocycles. The number of ether oxygens (including phenoxy) is 2. The van der Waals surface area contributed by atoms with Gasteiger partial charge in [0.2, 0.25) is 5.06 Å². The average molecular weight is 437 g/mol. The number of hydrogen-bond donors (Lipinski definition) is 0. The first kappa shape index (κ1) is 21.0. The molecule has 1 atom stereocenters. The van der Waals surface area contributed by atoms with Crippen LogP contribution in [0, 0.1) is 24.5 Å². The van der Waals surface area contributed by atoms with Gasteiger partial charge >= 0.3 is 5.97 Å². The molecule has 8 heteroatoms. The van der Waals surface area contributed by atoms with Gasteiger partial charge < -0.3 is 14.4 Å². The number of hydrogen-bond acceptors (Lipinski definition) is 6. The van der Waals surface area contributed by atoms with Crippen LogP contribution < -0.4 is 9.64 Å². The number of anilines is 1. The van der Waals surface area contributed by atoms with E-state index in [0.717, 1.165) is 25.7 Å². The van der Waals surface area contributed by atoms with Gasteiger partial charge in [0.15, 0.2) is 0 Å². The molecule has 4 rings (SSSR count). The van der Waals surface area contributed by atoms with Crippen LogP contribution in [0.25, 0.3) is 11.1 Å². The highest BCUT2D eigenvalue weighted by atomic mass is 32.1. The molecule has 1 aromatic heterocycles. The summed E-state index contributed by atoms with van der Waals surface area (Å²) in [6, 6.07) is 2.77. The van der Waals surface area contributed by atoms with E-state index >= 15 is 8.78 Å². The quantitative estimate of drug-likeness (QED) is 0.565. The molecule has 1 unspecified atom stereocenters. The van der Waals surface area contributed by atoms with Gasteiger partial charge in [0.05, 0.1) is 24.0 Å². The van der Waals surface area contributed by atoms with E-state index in [1.165, 1.54) is 30.6 Å². The van der Waals surface area contributed by atoms with Crippen molar-refractivity contribution in [1.29, 1.82) is 0 Å². The summed E-state index contributed by atoms with van der Waals surface area (Å²) in [5.74, 6) is -1.22. The number of halogens is 2. The van der Waals surface area contributed by atoms with Crippen molar-refractivity contribution in [2.24, 2.45) is 5.92 Å². The fourth-order valence-electron chi connectivity index (χ4n) is 4.05. The Balaban J connectivity index is 1.51. The summed E-state index contributed by atoms with van der Waals surface area (Å²) < 4.78 is 45.4. The average Bonchev–Trinajstić information content (AvgIpc) is 3.24. The molecule has 30 heavy (non-hydrogen) atoms. The third-order valence-electron chi connectivity index (χ3n) is 5.90. The lowest BCUT2D eigenvalue weighted by molar-refractivity contribution is -0.141. The third kappa shape index (κ3) is 4.43. The van der Waals surface area contributed by atoms with Gasteiger partial charge in [-0.05, 0) is 62.6 Å². The Morgan fingerprint density at radius 1 is 1.27 bits per heavy atom. The van der Waals surface area contributed by atoms with Gasteiger partial charge in [0.1, 0.15) is 17.3 Å². The molecule has 0 amide bonds. The number of benzene rings is 1. The zero-order chi connectivity index (χ0) is 21.3. The van der Waals surface area contributed by atoms with Gasteiger partial charge in [-0.15, -0.1) is 0 Å². The van der Waals surface area contributed by atoms with E-state index in [0.29, 0.717) is 48.0 Å². The van der Waals surface area contributed by atoms with Gasteiger partial charge in [0.25, 0.3) is 0 Å². The lowest BCUT2D eigenvalue weighted by atomic mass is 9.96. The Hall–Kier alpha value is -2.22. The molecule has 1 saturated heterocycles. The first-order valence-corrected chi connectivity index (χ1v) is 11.2. The molecular weight excluding hydrogens is 410 g/mol. The molecule has 2 heterocycles. The SMILES string of the molecule is CC(=O)OCCC1CCN(c2c(F)cc(-c3c(C)nsc3OC3CCC3)cc2F)C1. The predicted molar refractivity (Wildman–Crippen MR) is 112 cm³/mol. The zero-order valence-electron chi connectivity index (χ0n) is 17.2. The van der Waals surface area contributed by atoms with Crippen LogP contribution in [0.1, 0.15) is 44.7 Å². The number of aromatic nitrogens is 1. The smallest absolute Gasteiger partial charge is 0.302 e. The van der Waals surface area contributed by atoms with E-state index in [4.69, 9.17) is 9.47 Å². The number of carbonyl (C=O) groups excluding carboxylic acids is 1. The molecule has 5 nitrogen and oxygen atoms in total. The van der Waals surface area contributed by atoms with Crippen molar-refractivity contribution in [3.05, 3.63) is 29.5 Å². The van der Waals surface area contributed by atoms with Gasteiger partial charge in [-0.2, -0.15) is 4.37 Å². The Morgan fingerprint density at radius 2 is 2.00 bits per heavy atom. The summed E-state index contributed by atoms with van der Waals surface area (Å²) in [6.45, 7) is 4.67. The maximum absolute atomic E-state index is 15.0. The second-order valence-corrected chi connectivity index (χ2v) is 8.86. The summed E-state index contributed by atoms with van der Waals surface area (Å²) >= 11 is 1.24. The molecule has 1 saturated carbocycles. The lowest BCUT2D eigenvalue weighted by Gasteiger charge is -2.26. The molecule has 2 aliphatic rings. The number of esters is 1. The lowest BCUT2D eigenvalue weighted by Crippen LogP contribution is -2.24. The van der Waals surface area contributed by atoms with Crippen LogP contribution in [0.3, 0.4) is 0 Å². The van der Waals surface area contributed by atoms with Crippen molar-refractivity contribution >= 4 is 23.2 Å². The van der Waals surface area contributed by atoms with Crippen molar-refractivity contribution in [2.45, 2.75) is 52.1 Å². The third-order valence-corrected chi connectivity index (χ3v) is 6.73. The van der Waals surface area contributed by atoms with Crippen molar-refractivity contribution in [3.8, 4) is 16.2 Å². The zero-order valence-corrected chi connectivity index (χ0v) is 18.1. The summed E-state index contributed by atoms with van der Waals surface area (Å²) in [5.41, 5.74) is 1.86. The fourth-order valence-corrected chi connectivity index (χ4v) is 4.90. The fraction of sp³-hybridized carbons (Fsp3) is 0.545. The van der Waals surface area contributed by atoms with Crippen molar-refractivity contribution in [2.75, 3.05) is 24.6 Å². The highest BCUT2D eigenvalue weighted by Crippen LogP contribution is 2.41. The van der Waals surface area contributed by atoms with Crippen molar-refractivity contribution in [3.63, 3.8) is 0 Å². The minimum atomic E-state index is -0.578. The number of aryl methyl sites for hydroxylation is 1. The molecule has 2 aromatic rings. The van der Waals surface area contributed by atoms with Crippen LogP contribution in [-0.4, -0.2) is 36.1 Å². The van der Waals surface area contributed by atoms with Crippen LogP contribution in [0.2, 0.25) is 0 Å². The number of nitrogens with zero attached hydrogens (tertiary/aromatic N) is 2. The number of carbonyl (C=O) groups is 1. The first-order chi connectivity index (χ1) is 14.4. The molecule has 1 aliphatic heterocycles. The van der Waals surface area contributed by atoms with Crippen molar-refractivity contribution < 1.29 is 23.0 Å². The molecule has 0 N–H and O–H groups in total. The van der Waals surface area contributed by atoms with E-state index in [1.807, 2.05) is 6.92 Å². The topological polar surface area (TPSA) is 51.7 Å². The Kier molecular flexibility index (Phi) is 6.22. The largest absolute Gasteiger partial charge is 0.479 e. The van der Waals surface area contributed by atoms with Crippen LogP contribution in [0.4, 0.5) is 14.5 Å². The Bertz CT molecular complexity index is 906. The Morgan fingerprint density at radius 3 is 2.63 bits per heavy atom. The summed E-state index contributed by atoms with van der Waals surface area (Å²) in [5, 5.41) is 0.635. The van der Waals surface area contributed by atoms with E-state index in [2.05, 4.69) is 4.37 Å². The second-order valence-electron chi connectivity index (χ2n) is 8.12. The maximum Gasteiger partial charge on any atom is 0.302 e. The van der Waals surface area contributed by atoms with Gasteiger partial charge in [0, 0.05) is 31.5 Å². The minimum Gasteiger partial charge on any atom is -0.479 e. The summed E-state index contributed by atoms with van der Waals surface area (Å²) in [7, 11) is 0. The van der Waals surface area contributed by atoms with E-state index in [-0.39, 0.29) is 23.7 Å². The normalized spacial score (nSPS) is 19.1. The predicted octanol–water partition coefficient (Wildman–Crippen LogP) is 5.11. The molecule has 0 spiro atoms. The first-order valence-electron chi connectivity index (χ1n) is 10.4. The highest BCUT2D eigenvalue weighted by molar-refractivity contribution is 7.08. The van der Waals surface area contributed by atoms with E-state index < -0.39 is 11.6 Å². The van der Waals surface area contributed by atoms with Gasteiger partial charge in [-0.3, -0.25) is 4.79 Å². The summed E-state index contributed by atoms with van der Waals surface area (Å²) in [4.78, 5) is 12.7. The highest BCUT2D eigenvalue weighted by Gasteiger charge is 2.29. The summed E-state index contributed by atoms with van der Waals surface area (Å²) in [6.07, 6.45) is 4.84.